The van der Waals surface area contributed by atoms with Gasteiger partial charge in [-0.3, -0.25) is 5.43 Å². The Hall–Kier alpha value is -1.59. The van der Waals surface area contributed by atoms with Crippen molar-refractivity contribution in [3.05, 3.63) is 23.7 Å². The molecule has 0 fully saturated rings. The summed E-state index contributed by atoms with van der Waals surface area (Å²) in [5.74, 6) is 0.731. The van der Waals surface area contributed by atoms with Gasteiger partial charge >= 0.3 is 7.48 Å². The summed E-state index contributed by atoms with van der Waals surface area (Å²) >= 11 is 0. The normalized spacial score (nSPS) is 24.4. The van der Waals surface area contributed by atoms with Crippen LogP contribution in [0.15, 0.2) is 28.8 Å². The number of hydrogen-bond acceptors (Lipinski definition) is 5. The first-order valence-corrected chi connectivity index (χ1v) is 4.48. The van der Waals surface area contributed by atoms with Gasteiger partial charge in [0.15, 0.2) is 5.88 Å². The summed E-state index contributed by atoms with van der Waals surface area (Å²) in [6.07, 6.45) is 5.69. The van der Waals surface area contributed by atoms with Gasteiger partial charge in [-0.15, -0.1) is 0 Å². The molecule has 2 aliphatic rings. The lowest BCUT2D eigenvalue weighted by Gasteiger charge is -2.30. The van der Waals surface area contributed by atoms with Crippen molar-refractivity contribution >= 4 is 13.8 Å². The second kappa shape index (κ2) is 3.65. The van der Waals surface area contributed by atoms with Gasteiger partial charge in [-0.1, -0.05) is 6.08 Å². The molecule has 1 radical (unpaired) electrons. The molecule has 0 aliphatic carbocycles. The zero-order chi connectivity index (χ0) is 9.97. The fourth-order valence-corrected chi connectivity index (χ4v) is 1.43. The van der Waals surface area contributed by atoms with E-state index in [0.29, 0.717) is 0 Å². The largest absolute Gasteiger partial charge is 0.546 e. The van der Waals surface area contributed by atoms with E-state index in [0.717, 1.165) is 11.6 Å². The van der Waals surface area contributed by atoms with E-state index in [-0.39, 0.29) is 6.07 Å². The highest BCUT2D eigenvalue weighted by Gasteiger charge is 2.32. The molecule has 0 aromatic carbocycles. The minimum absolute atomic E-state index is 0.00157. The Kier molecular flexibility index (Phi) is 2.34. The van der Waals surface area contributed by atoms with Gasteiger partial charge in [0.1, 0.15) is 18.1 Å². The van der Waals surface area contributed by atoms with Crippen LogP contribution in [-0.2, 0) is 4.65 Å². The van der Waals surface area contributed by atoms with E-state index in [9.17, 15) is 0 Å². The maximum atomic E-state index is 5.41. The minimum atomic E-state index is -0.00157. The van der Waals surface area contributed by atoms with E-state index in [2.05, 4.69) is 15.8 Å². The number of allylic oxidation sites excluding steroid dienone is 2. The number of rotatable bonds is 2. The molecule has 14 heavy (non-hydrogen) atoms. The zero-order valence-electron chi connectivity index (χ0n) is 8.19. The standard InChI is InChI=1S/C8H12BN4O/c1-3-4-6-7(10-2)14-9-8-12-11-5-13(6)8/h3-5,8,10,12H,1-2H3/b4-3-/t8-/m1/s1. The van der Waals surface area contributed by atoms with E-state index in [1.54, 1.807) is 13.8 Å². The lowest BCUT2D eigenvalue weighted by atomic mass is 9.92. The maximum absolute atomic E-state index is 5.41. The Balaban J connectivity index is 2.32. The third-order valence-electron chi connectivity index (χ3n) is 2.07. The smallest absolute Gasteiger partial charge is 0.420 e. The monoisotopic (exact) mass is 191 g/mol. The zero-order valence-corrected chi connectivity index (χ0v) is 8.19. The first-order chi connectivity index (χ1) is 6.86. The Bertz CT molecular complexity index is 312. The van der Waals surface area contributed by atoms with Crippen LogP contribution in [0.5, 0.6) is 0 Å². The Morgan fingerprint density at radius 3 is 3.36 bits per heavy atom. The highest BCUT2D eigenvalue weighted by molar-refractivity contribution is 6.31. The van der Waals surface area contributed by atoms with Crippen LogP contribution in [0.1, 0.15) is 6.92 Å². The van der Waals surface area contributed by atoms with Gasteiger partial charge < -0.3 is 14.9 Å². The quantitative estimate of drug-likeness (QED) is 0.590. The second-order valence-electron chi connectivity index (χ2n) is 2.94. The van der Waals surface area contributed by atoms with Gasteiger partial charge in [0, 0.05) is 7.05 Å². The van der Waals surface area contributed by atoms with Crippen molar-refractivity contribution in [2.75, 3.05) is 7.05 Å². The van der Waals surface area contributed by atoms with Crippen LogP contribution in [0.3, 0.4) is 0 Å². The lowest BCUT2D eigenvalue weighted by Crippen LogP contribution is -2.47. The number of nitrogens with zero attached hydrogens (tertiary/aromatic N) is 2. The highest BCUT2D eigenvalue weighted by atomic mass is 16.4. The second-order valence-corrected chi connectivity index (χ2v) is 2.94. The van der Waals surface area contributed by atoms with Crippen LogP contribution in [0.25, 0.3) is 0 Å². The molecule has 5 nitrogen and oxygen atoms in total. The Labute approximate surface area is 83.8 Å². The molecule has 0 bridgehead atoms. The SMILES string of the molecule is C/C=C\C1=C(NC)O[B][C@@H]2NN=CN12. The van der Waals surface area contributed by atoms with Crippen LogP contribution in [0, 0.1) is 0 Å². The van der Waals surface area contributed by atoms with Crippen molar-refractivity contribution in [2.24, 2.45) is 5.10 Å². The van der Waals surface area contributed by atoms with Gasteiger partial charge in [-0.25, -0.2) is 0 Å². The molecule has 2 heterocycles. The van der Waals surface area contributed by atoms with E-state index in [1.807, 2.05) is 31.0 Å². The average molecular weight is 191 g/mol. The van der Waals surface area contributed by atoms with Crippen LogP contribution in [0.4, 0.5) is 0 Å². The van der Waals surface area contributed by atoms with Crippen LogP contribution < -0.4 is 10.7 Å². The molecule has 2 N–H and O–H groups in total. The lowest BCUT2D eigenvalue weighted by molar-refractivity contribution is 0.309. The summed E-state index contributed by atoms with van der Waals surface area (Å²) in [7, 11) is 3.53. The van der Waals surface area contributed by atoms with E-state index in [1.165, 1.54) is 0 Å². The third-order valence-corrected chi connectivity index (χ3v) is 2.07. The first kappa shape index (κ1) is 8.99. The fourth-order valence-electron chi connectivity index (χ4n) is 1.43. The summed E-state index contributed by atoms with van der Waals surface area (Å²) in [5.41, 5.74) is 3.88. The number of hydrogen-bond donors (Lipinski definition) is 2. The molecule has 2 rings (SSSR count). The van der Waals surface area contributed by atoms with Crippen molar-refractivity contribution in [1.82, 2.24) is 15.6 Å². The van der Waals surface area contributed by atoms with E-state index < -0.39 is 0 Å². The average Bonchev–Trinajstić information content (AvgIpc) is 2.67. The summed E-state index contributed by atoms with van der Waals surface area (Å²) in [6, 6.07) is -0.00157. The van der Waals surface area contributed by atoms with Gasteiger partial charge in [0.25, 0.3) is 0 Å². The van der Waals surface area contributed by atoms with Crippen LogP contribution >= 0.6 is 0 Å². The molecule has 0 aromatic rings. The van der Waals surface area contributed by atoms with Crippen LogP contribution in [0.2, 0.25) is 0 Å². The van der Waals surface area contributed by atoms with Gasteiger partial charge in [-0.05, 0) is 13.0 Å². The van der Waals surface area contributed by atoms with Gasteiger partial charge in [-0.2, -0.15) is 5.10 Å². The molecular formula is C8H12BN4O. The van der Waals surface area contributed by atoms with E-state index in [4.69, 9.17) is 4.65 Å². The molecule has 0 spiro atoms. The topological polar surface area (TPSA) is 48.9 Å². The van der Waals surface area contributed by atoms with Crippen molar-refractivity contribution < 1.29 is 4.65 Å². The fraction of sp³-hybridized carbons (Fsp3) is 0.375. The molecule has 73 valence electrons. The molecular weight excluding hydrogens is 179 g/mol. The summed E-state index contributed by atoms with van der Waals surface area (Å²) in [4.78, 5) is 2.00. The summed E-state index contributed by atoms with van der Waals surface area (Å²) in [5, 5.41) is 6.97. The van der Waals surface area contributed by atoms with Crippen molar-refractivity contribution in [1.29, 1.82) is 0 Å². The molecule has 2 aliphatic heterocycles. The van der Waals surface area contributed by atoms with Gasteiger partial charge in [0.2, 0.25) is 0 Å². The van der Waals surface area contributed by atoms with Gasteiger partial charge in [0.05, 0.1) is 0 Å². The minimum Gasteiger partial charge on any atom is -0.546 e. The molecule has 1 atom stereocenters. The Morgan fingerprint density at radius 2 is 2.64 bits per heavy atom. The van der Waals surface area contributed by atoms with Crippen molar-refractivity contribution in [2.45, 2.75) is 13.0 Å². The predicted molar refractivity (Wildman–Crippen MR) is 55.0 cm³/mol. The molecule has 6 heteroatoms. The molecule has 0 saturated carbocycles. The maximum Gasteiger partial charge on any atom is 0.420 e. The van der Waals surface area contributed by atoms with Crippen molar-refractivity contribution in [3.8, 4) is 0 Å². The molecule has 0 amide bonds. The first-order valence-electron chi connectivity index (χ1n) is 4.48. The molecule has 0 saturated heterocycles. The van der Waals surface area contributed by atoms with Crippen LogP contribution in [-0.4, -0.2) is 31.8 Å². The number of fused-ring (bicyclic) bond motifs is 1. The highest BCUT2D eigenvalue weighted by Crippen LogP contribution is 2.19. The number of nitrogens with one attached hydrogen (secondary N) is 2. The number of hydrazone groups is 1. The molecule has 0 unspecified atom stereocenters. The third kappa shape index (κ3) is 1.32. The van der Waals surface area contributed by atoms with E-state index >= 15 is 0 Å². The Morgan fingerprint density at radius 1 is 1.79 bits per heavy atom. The van der Waals surface area contributed by atoms with Crippen molar-refractivity contribution in [3.63, 3.8) is 0 Å². The predicted octanol–water partition coefficient (Wildman–Crippen LogP) is -0.268. The summed E-state index contributed by atoms with van der Waals surface area (Å²) in [6.45, 7) is 1.97. The summed E-state index contributed by atoms with van der Waals surface area (Å²) < 4.78 is 5.41. The molecule has 0 aromatic heterocycles.